The lowest BCUT2D eigenvalue weighted by Crippen LogP contribution is -2.44. The fraction of sp³-hybridized carbons (Fsp3) is 0.450. The Bertz CT molecular complexity index is 1260. The van der Waals surface area contributed by atoms with E-state index < -0.39 is 17.1 Å². The first-order chi connectivity index (χ1) is 14.9. The van der Waals surface area contributed by atoms with E-state index in [0.717, 1.165) is 23.4 Å². The first-order valence-corrected chi connectivity index (χ1v) is 10.1. The summed E-state index contributed by atoms with van der Waals surface area (Å²) in [7, 11) is 1.40. The van der Waals surface area contributed by atoms with E-state index in [1.54, 1.807) is 0 Å². The summed E-state index contributed by atoms with van der Waals surface area (Å²) in [5.41, 5.74) is 6.47. The third-order valence-corrected chi connectivity index (χ3v) is 6.29. The molecule has 11 heteroatoms. The topological polar surface area (TPSA) is 134 Å². The normalized spacial score (nSPS) is 19.8. The molecule has 1 saturated heterocycles. The standard InChI is InChI=1S/C20H23FN6O4/c1-30-18-16(25-5-4-11(6-25)15(22)13-8-31-9-24-13)12(21)7-26-17(18)14(10-2-3-10)19(28)27(23)20(26)29/h7-11,15H,2-6,22-23H2,1H3. The van der Waals surface area contributed by atoms with Crippen LogP contribution in [0.5, 0.6) is 5.75 Å². The van der Waals surface area contributed by atoms with E-state index in [4.69, 9.17) is 20.7 Å². The van der Waals surface area contributed by atoms with Crippen LogP contribution in [0.15, 0.2) is 32.9 Å². The van der Waals surface area contributed by atoms with Crippen LogP contribution in [0.4, 0.5) is 10.1 Å². The van der Waals surface area contributed by atoms with Crippen molar-refractivity contribution in [2.75, 3.05) is 30.9 Å². The molecule has 0 spiro atoms. The molecule has 5 rings (SSSR count). The predicted molar refractivity (Wildman–Crippen MR) is 110 cm³/mol. The Morgan fingerprint density at radius 3 is 2.74 bits per heavy atom. The van der Waals surface area contributed by atoms with Crippen molar-refractivity contribution in [1.82, 2.24) is 14.1 Å². The number of oxazole rings is 1. The Labute approximate surface area is 175 Å². The highest BCUT2D eigenvalue weighted by atomic mass is 19.1. The van der Waals surface area contributed by atoms with Crippen LogP contribution in [0.2, 0.25) is 0 Å². The van der Waals surface area contributed by atoms with E-state index in [9.17, 15) is 9.59 Å². The van der Waals surface area contributed by atoms with Gasteiger partial charge in [0.25, 0.3) is 5.56 Å². The Balaban J connectivity index is 1.64. The molecule has 2 atom stereocenters. The zero-order chi connectivity index (χ0) is 21.9. The maximum Gasteiger partial charge on any atom is 0.354 e. The maximum absolute atomic E-state index is 15.3. The molecular formula is C20H23FN6O4. The number of anilines is 1. The van der Waals surface area contributed by atoms with Gasteiger partial charge in [-0.3, -0.25) is 9.20 Å². The molecule has 4 heterocycles. The second-order valence-electron chi connectivity index (χ2n) is 8.16. The number of nitrogen functional groups attached to an aromatic ring is 1. The van der Waals surface area contributed by atoms with E-state index >= 15 is 4.39 Å². The summed E-state index contributed by atoms with van der Waals surface area (Å²) in [6.45, 7) is 1.01. The third-order valence-electron chi connectivity index (χ3n) is 6.29. The van der Waals surface area contributed by atoms with Crippen molar-refractivity contribution < 1.29 is 13.5 Å². The van der Waals surface area contributed by atoms with Crippen molar-refractivity contribution in [2.24, 2.45) is 11.7 Å². The third kappa shape index (κ3) is 2.99. The molecule has 3 aromatic heterocycles. The SMILES string of the molecule is COc1c(N2CCC(C(N)c3cocn3)C2)c(F)cn2c(=O)n(N)c(=O)c(C3CC3)c12. The molecule has 4 N–H and O–H groups in total. The fourth-order valence-electron chi connectivity index (χ4n) is 4.55. The molecule has 164 valence electrons. The first-order valence-electron chi connectivity index (χ1n) is 10.1. The van der Waals surface area contributed by atoms with E-state index in [-0.39, 0.29) is 34.8 Å². The molecule has 31 heavy (non-hydrogen) atoms. The van der Waals surface area contributed by atoms with Crippen molar-refractivity contribution >= 4 is 11.2 Å². The molecule has 1 aliphatic carbocycles. The van der Waals surface area contributed by atoms with Gasteiger partial charge in [0, 0.05) is 13.1 Å². The summed E-state index contributed by atoms with van der Waals surface area (Å²) < 4.78 is 27.5. The molecule has 2 fully saturated rings. The molecular weight excluding hydrogens is 407 g/mol. The number of rotatable bonds is 5. The number of fused-ring (bicyclic) bond motifs is 1. The minimum Gasteiger partial charge on any atom is -0.492 e. The van der Waals surface area contributed by atoms with Crippen molar-refractivity contribution in [3.8, 4) is 5.75 Å². The maximum atomic E-state index is 15.3. The minimum absolute atomic E-state index is 0.0209. The zero-order valence-corrected chi connectivity index (χ0v) is 17.0. The molecule has 1 aliphatic heterocycles. The van der Waals surface area contributed by atoms with Crippen molar-refractivity contribution in [1.29, 1.82) is 0 Å². The van der Waals surface area contributed by atoms with E-state index in [1.807, 2.05) is 4.90 Å². The fourth-order valence-corrected chi connectivity index (χ4v) is 4.55. The van der Waals surface area contributed by atoms with Crippen LogP contribution in [0.1, 0.15) is 42.5 Å². The lowest BCUT2D eigenvalue weighted by Gasteiger charge is -2.25. The van der Waals surface area contributed by atoms with E-state index in [0.29, 0.717) is 35.4 Å². The van der Waals surface area contributed by atoms with Gasteiger partial charge in [0.1, 0.15) is 17.5 Å². The molecule has 0 amide bonds. The lowest BCUT2D eigenvalue weighted by atomic mass is 9.97. The smallest absolute Gasteiger partial charge is 0.354 e. The summed E-state index contributed by atoms with van der Waals surface area (Å²) in [6.07, 6.45) is 6.24. The van der Waals surface area contributed by atoms with Gasteiger partial charge in [-0.2, -0.15) is 4.68 Å². The van der Waals surface area contributed by atoms with E-state index in [2.05, 4.69) is 4.98 Å². The number of nitrogens with two attached hydrogens (primary N) is 2. The molecule has 1 saturated carbocycles. The van der Waals surface area contributed by atoms with Gasteiger partial charge < -0.3 is 25.6 Å². The van der Waals surface area contributed by atoms with Crippen LogP contribution >= 0.6 is 0 Å². The van der Waals surface area contributed by atoms with Gasteiger partial charge in [-0.1, -0.05) is 0 Å². The first kappa shape index (κ1) is 19.6. The summed E-state index contributed by atoms with van der Waals surface area (Å²) in [5, 5.41) is 0. The Hall–Kier alpha value is -3.34. The number of pyridine rings is 1. The summed E-state index contributed by atoms with van der Waals surface area (Å²) >= 11 is 0. The van der Waals surface area contributed by atoms with Crippen LogP contribution in [0.25, 0.3) is 5.52 Å². The highest BCUT2D eigenvalue weighted by Crippen LogP contribution is 2.45. The van der Waals surface area contributed by atoms with Gasteiger partial charge in [0.2, 0.25) is 0 Å². The van der Waals surface area contributed by atoms with E-state index in [1.165, 1.54) is 19.8 Å². The number of hydrogen-bond acceptors (Lipinski definition) is 8. The van der Waals surface area contributed by atoms with Gasteiger partial charge in [0.05, 0.1) is 30.6 Å². The van der Waals surface area contributed by atoms with Crippen LogP contribution < -0.4 is 32.5 Å². The number of aromatic nitrogens is 3. The van der Waals surface area contributed by atoms with Gasteiger partial charge in [-0.25, -0.2) is 14.2 Å². The monoisotopic (exact) mass is 430 g/mol. The average Bonchev–Trinajstić information content (AvgIpc) is 3.25. The van der Waals surface area contributed by atoms with Crippen molar-refractivity contribution in [3.63, 3.8) is 0 Å². The lowest BCUT2D eigenvalue weighted by molar-refractivity contribution is 0.411. The number of methoxy groups -OCH3 is 1. The van der Waals surface area contributed by atoms with Gasteiger partial charge in [0.15, 0.2) is 18.0 Å². The second-order valence-corrected chi connectivity index (χ2v) is 8.16. The predicted octanol–water partition coefficient (Wildman–Crippen LogP) is 0.714. The van der Waals surface area contributed by atoms with Crippen LogP contribution in [0, 0.1) is 11.7 Å². The molecule has 2 aliphatic rings. The Morgan fingerprint density at radius 2 is 2.10 bits per heavy atom. The van der Waals surface area contributed by atoms with Gasteiger partial charge in [-0.15, -0.1) is 0 Å². The highest BCUT2D eigenvalue weighted by Gasteiger charge is 2.36. The molecule has 10 nitrogen and oxygen atoms in total. The van der Waals surface area contributed by atoms with Gasteiger partial charge in [-0.05, 0) is 31.1 Å². The molecule has 2 unspecified atom stereocenters. The van der Waals surface area contributed by atoms with Crippen molar-refractivity contribution in [3.05, 3.63) is 56.8 Å². The quantitative estimate of drug-likeness (QED) is 0.566. The molecule has 0 aromatic carbocycles. The second kappa shape index (κ2) is 7.12. The summed E-state index contributed by atoms with van der Waals surface area (Å²) in [4.78, 5) is 31.3. The number of ether oxygens (including phenoxy) is 1. The summed E-state index contributed by atoms with van der Waals surface area (Å²) in [5.74, 6) is 5.20. The van der Waals surface area contributed by atoms with Crippen LogP contribution in [-0.4, -0.2) is 34.3 Å². The van der Waals surface area contributed by atoms with Gasteiger partial charge >= 0.3 is 5.69 Å². The van der Waals surface area contributed by atoms with Crippen LogP contribution in [0.3, 0.4) is 0 Å². The Kier molecular flexibility index (Phi) is 4.50. The average molecular weight is 430 g/mol. The molecule has 3 aromatic rings. The van der Waals surface area contributed by atoms with Crippen LogP contribution in [-0.2, 0) is 0 Å². The molecule has 0 bridgehead atoms. The summed E-state index contributed by atoms with van der Waals surface area (Å²) in [6, 6.07) is -0.354. The number of nitrogens with zero attached hydrogens (tertiary/aromatic N) is 4. The minimum atomic E-state index is -0.819. The zero-order valence-electron chi connectivity index (χ0n) is 17.0. The largest absolute Gasteiger partial charge is 0.492 e. The molecule has 0 radical (unpaired) electrons. The van der Waals surface area contributed by atoms with Crippen molar-refractivity contribution in [2.45, 2.75) is 31.2 Å². The highest BCUT2D eigenvalue weighted by molar-refractivity contribution is 5.78. The number of hydrogen-bond donors (Lipinski definition) is 2. The number of halogens is 1. The Morgan fingerprint density at radius 1 is 1.32 bits per heavy atom.